The highest BCUT2D eigenvalue weighted by Gasteiger charge is 2.44. The first-order valence-corrected chi connectivity index (χ1v) is 16.0. The number of aliphatic hydroxyl groups excluding tert-OH is 1. The van der Waals surface area contributed by atoms with E-state index >= 15 is 0 Å². The molecule has 3 amide bonds. The Balaban J connectivity index is 1.54. The van der Waals surface area contributed by atoms with Crippen molar-refractivity contribution in [2.75, 3.05) is 13.2 Å². The van der Waals surface area contributed by atoms with Crippen LogP contribution in [0, 0.1) is 12.3 Å². The second-order valence-electron chi connectivity index (χ2n) is 12.2. The molecule has 3 atom stereocenters. The average molecular weight is 615 g/mol. The topological polar surface area (TPSA) is 138 Å². The Hall–Kier alpha value is -3.31. The molecule has 43 heavy (non-hydrogen) atoms. The molecule has 1 aromatic heterocycles. The van der Waals surface area contributed by atoms with Crippen molar-refractivity contribution >= 4 is 35.0 Å². The third-order valence-corrected chi connectivity index (χ3v) is 8.45. The van der Waals surface area contributed by atoms with Gasteiger partial charge in [-0.3, -0.25) is 19.2 Å². The third-order valence-electron chi connectivity index (χ3n) is 7.48. The van der Waals surface area contributed by atoms with Gasteiger partial charge in [-0.25, -0.2) is 4.98 Å². The molecule has 1 aliphatic heterocycles. The SMILES string of the molecule is CCCC(=O)OCCCCCC(=O)NC(C(=O)N1CC(O)CC1C(=O)NCc1ccc(-c2scnc2C)cc1)C(C)(C)C. The van der Waals surface area contributed by atoms with E-state index in [0.29, 0.717) is 25.9 Å². The van der Waals surface area contributed by atoms with Crippen LogP contribution in [0.2, 0.25) is 0 Å². The molecule has 0 saturated carbocycles. The number of carbonyl (C=O) groups is 4. The summed E-state index contributed by atoms with van der Waals surface area (Å²) in [5, 5.41) is 16.2. The standard InChI is InChI=1S/C32H46N4O6S/c1-6-10-27(39)42-16-9-7-8-11-26(38)35-29(32(3,4)5)31(41)36-19-24(37)17-25(36)30(40)33-18-22-12-14-23(15-13-22)28-21(2)34-20-43-28/h12-15,20,24-25,29,37H,6-11,16-19H2,1-5H3,(H,33,40)(H,35,38). The van der Waals surface area contributed by atoms with Gasteiger partial charge in [0, 0.05) is 32.4 Å². The molecule has 1 saturated heterocycles. The first-order valence-electron chi connectivity index (χ1n) is 15.1. The zero-order valence-electron chi connectivity index (χ0n) is 26.0. The van der Waals surface area contributed by atoms with Crippen LogP contribution in [-0.4, -0.2) is 70.0 Å². The lowest BCUT2D eigenvalue weighted by atomic mass is 9.85. The number of β-amino-alcohol motifs (C(OH)–C–C–N with tert-alkyl or cyclic N) is 1. The minimum absolute atomic E-state index is 0.0268. The summed E-state index contributed by atoms with van der Waals surface area (Å²) in [5.41, 5.74) is 4.15. The van der Waals surface area contributed by atoms with Crippen LogP contribution in [0.25, 0.3) is 10.4 Å². The molecule has 2 aromatic rings. The van der Waals surface area contributed by atoms with Crippen molar-refractivity contribution in [3.8, 4) is 10.4 Å². The van der Waals surface area contributed by atoms with Crippen molar-refractivity contribution in [3.63, 3.8) is 0 Å². The van der Waals surface area contributed by atoms with Gasteiger partial charge in [-0.15, -0.1) is 11.3 Å². The van der Waals surface area contributed by atoms with Crippen LogP contribution in [0.15, 0.2) is 29.8 Å². The van der Waals surface area contributed by atoms with E-state index in [1.807, 2.05) is 64.4 Å². The maximum atomic E-state index is 13.7. The number of aliphatic hydroxyl groups is 1. The number of esters is 1. The minimum Gasteiger partial charge on any atom is -0.466 e. The minimum atomic E-state index is -0.863. The summed E-state index contributed by atoms with van der Waals surface area (Å²) >= 11 is 1.58. The van der Waals surface area contributed by atoms with Crippen LogP contribution in [-0.2, 0) is 30.5 Å². The lowest BCUT2D eigenvalue weighted by Gasteiger charge is -2.35. The van der Waals surface area contributed by atoms with Gasteiger partial charge in [-0.2, -0.15) is 0 Å². The first-order chi connectivity index (χ1) is 20.4. The first kappa shape index (κ1) is 34.2. The Morgan fingerprint density at radius 3 is 2.47 bits per heavy atom. The Kier molecular flexibility index (Phi) is 12.7. The van der Waals surface area contributed by atoms with Crippen LogP contribution < -0.4 is 10.6 Å². The zero-order chi connectivity index (χ0) is 31.6. The fourth-order valence-corrected chi connectivity index (χ4v) is 5.85. The summed E-state index contributed by atoms with van der Waals surface area (Å²) in [6.07, 6.45) is 2.68. The van der Waals surface area contributed by atoms with Gasteiger partial charge in [0.1, 0.15) is 12.1 Å². The van der Waals surface area contributed by atoms with E-state index in [-0.39, 0.29) is 49.6 Å². The maximum absolute atomic E-state index is 13.7. The molecule has 10 nitrogen and oxygen atoms in total. The number of aryl methyl sites for hydroxylation is 1. The monoisotopic (exact) mass is 614 g/mol. The molecule has 0 aliphatic carbocycles. The second-order valence-corrected chi connectivity index (χ2v) is 13.1. The maximum Gasteiger partial charge on any atom is 0.305 e. The number of ether oxygens (including phenoxy) is 1. The molecule has 236 valence electrons. The molecule has 1 fully saturated rings. The smallest absolute Gasteiger partial charge is 0.305 e. The van der Waals surface area contributed by atoms with Gasteiger partial charge >= 0.3 is 5.97 Å². The lowest BCUT2D eigenvalue weighted by Crippen LogP contribution is -2.57. The Morgan fingerprint density at radius 1 is 1.12 bits per heavy atom. The van der Waals surface area contributed by atoms with Crippen molar-refractivity contribution in [3.05, 3.63) is 41.0 Å². The number of benzene rings is 1. The summed E-state index contributed by atoms with van der Waals surface area (Å²) in [6.45, 7) is 10.1. The summed E-state index contributed by atoms with van der Waals surface area (Å²) < 4.78 is 5.15. The van der Waals surface area contributed by atoms with Gasteiger partial charge < -0.3 is 25.4 Å². The van der Waals surface area contributed by atoms with E-state index in [1.54, 1.807) is 11.3 Å². The van der Waals surface area contributed by atoms with Crippen molar-refractivity contribution in [1.29, 1.82) is 0 Å². The van der Waals surface area contributed by atoms with Crippen LogP contribution in [0.3, 0.4) is 0 Å². The number of hydrogen-bond donors (Lipinski definition) is 3. The normalized spacial score (nSPS) is 17.4. The van der Waals surface area contributed by atoms with Crippen LogP contribution in [0.1, 0.15) is 83.9 Å². The Labute approximate surface area is 258 Å². The number of thiazole rings is 1. The lowest BCUT2D eigenvalue weighted by molar-refractivity contribution is -0.144. The summed E-state index contributed by atoms with van der Waals surface area (Å²) in [7, 11) is 0. The zero-order valence-corrected chi connectivity index (χ0v) is 26.8. The van der Waals surface area contributed by atoms with Gasteiger partial charge in [0.05, 0.1) is 28.8 Å². The summed E-state index contributed by atoms with van der Waals surface area (Å²) in [4.78, 5) is 58.0. The van der Waals surface area contributed by atoms with Gasteiger partial charge in [0.2, 0.25) is 17.7 Å². The van der Waals surface area contributed by atoms with Gasteiger partial charge in [-0.1, -0.05) is 52.0 Å². The Bertz CT molecular complexity index is 1240. The number of unbranched alkanes of at least 4 members (excludes halogenated alkanes) is 2. The van der Waals surface area contributed by atoms with E-state index < -0.39 is 23.6 Å². The molecular weight excluding hydrogens is 568 g/mol. The molecule has 11 heteroatoms. The Morgan fingerprint density at radius 2 is 1.84 bits per heavy atom. The van der Waals surface area contributed by atoms with Gasteiger partial charge in [0.15, 0.2) is 0 Å². The molecule has 3 unspecified atom stereocenters. The van der Waals surface area contributed by atoms with Crippen molar-refractivity contribution in [1.82, 2.24) is 20.5 Å². The third kappa shape index (κ3) is 10.1. The molecule has 3 rings (SSSR count). The van der Waals surface area contributed by atoms with E-state index in [1.165, 1.54) is 4.90 Å². The average Bonchev–Trinajstić information content (AvgIpc) is 3.57. The number of aromatic nitrogens is 1. The molecule has 3 N–H and O–H groups in total. The van der Waals surface area contributed by atoms with Gasteiger partial charge in [-0.05, 0) is 49.1 Å². The summed E-state index contributed by atoms with van der Waals surface area (Å²) in [5.74, 6) is -1.19. The predicted molar refractivity (Wildman–Crippen MR) is 166 cm³/mol. The predicted octanol–water partition coefficient (Wildman–Crippen LogP) is 4.13. The number of amides is 3. The number of likely N-dealkylation sites (tertiary alicyclic amines) is 1. The number of hydrogen-bond acceptors (Lipinski definition) is 8. The molecule has 2 heterocycles. The van der Waals surface area contributed by atoms with E-state index in [4.69, 9.17) is 4.74 Å². The highest BCUT2D eigenvalue weighted by atomic mass is 32.1. The fraction of sp³-hybridized carbons (Fsp3) is 0.594. The second kappa shape index (κ2) is 16.0. The molecule has 0 radical (unpaired) electrons. The highest BCUT2D eigenvalue weighted by molar-refractivity contribution is 7.13. The van der Waals surface area contributed by atoms with Gasteiger partial charge in [0.25, 0.3) is 0 Å². The molecule has 0 spiro atoms. The fourth-order valence-electron chi connectivity index (χ4n) is 5.04. The molecule has 1 aromatic carbocycles. The number of carbonyl (C=O) groups excluding carboxylic acids is 4. The molecular formula is C32H46N4O6S. The highest BCUT2D eigenvalue weighted by Crippen LogP contribution is 2.28. The quantitative estimate of drug-likeness (QED) is 0.215. The number of nitrogens with zero attached hydrogens (tertiary/aromatic N) is 2. The van der Waals surface area contributed by atoms with Crippen LogP contribution in [0.4, 0.5) is 0 Å². The number of rotatable bonds is 14. The van der Waals surface area contributed by atoms with Crippen molar-refractivity contribution < 1.29 is 29.0 Å². The van der Waals surface area contributed by atoms with E-state index in [9.17, 15) is 24.3 Å². The van der Waals surface area contributed by atoms with Crippen molar-refractivity contribution in [2.45, 2.75) is 104 Å². The molecule has 0 bridgehead atoms. The van der Waals surface area contributed by atoms with E-state index in [2.05, 4.69) is 15.6 Å². The van der Waals surface area contributed by atoms with Crippen LogP contribution in [0.5, 0.6) is 0 Å². The van der Waals surface area contributed by atoms with Crippen molar-refractivity contribution in [2.24, 2.45) is 5.41 Å². The molecule has 1 aliphatic rings. The largest absolute Gasteiger partial charge is 0.466 e. The number of nitrogens with one attached hydrogen (secondary N) is 2. The van der Waals surface area contributed by atoms with E-state index in [0.717, 1.165) is 34.5 Å². The van der Waals surface area contributed by atoms with Crippen LogP contribution >= 0.6 is 11.3 Å². The summed E-state index contributed by atoms with van der Waals surface area (Å²) in [6, 6.07) is 6.19.